The second-order valence-corrected chi connectivity index (χ2v) is 6.34. The van der Waals surface area contributed by atoms with Crippen molar-refractivity contribution in [3.63, 3.8) is 0 Å². The van der Waals surface area contributed by atoms with Gasteiger partial charge in [0.25, 0.3) is 0 Å². The van der Waals surface area contributed by atoms with Crippen molar-refractivity contribution in [3.8, 4) is 0 Å². The summed E-state index contributed by atoms with van der Waals surface area (Å²) in [6.45, 7) is 6.31. The molecule has 0 aromatic rings. The Labute approximate surface area is 125 Å². The molecule has 6 nitrogen and oxygen atoms in total. The van der Waals surface area contributed by atoms with Crippen LogP contribution in [0, 0.1) is 5.92 Å². The van der Waals surface area contributed by atoms with Crippen LogP contribution in [0.5, 0.6) is 0 Å². The third kappa shape index (κ3) is 6.14. The van der Waals surface area contributed by atoms with Gasteiger partial charge in [-0.3, -0.25) is 9.59 Å². The van der Waals surface area contributed by atoms with Crippen molar-refractivity contribution in [1.29, 1.82) is 0 Å². The maximum absolute atomic E-state index is 12.1. The number of rotatable bonds is 3. The van der Waals surface area contributed by atoms with Crippen LogP contribution in [-0.4, -0.2) is 48.5 Å². The van der Waals surface area contributed by atoms with Crippen LogP contribution >= 0.6 is 0 Å². The maximum Gasteiger partial charge on any atom is 0.410 e. The molecule has 1 amide bonds. The number of carbonyl (C=O) groups is 3. The second-order valence-electron chi connectivity index (χ2n) is 6.34. The first-order valence-electron chi connectivity index (χ1n) is 7.30. The number of hydrogen-bond acceptors (Lipinski definition) is 5. The number of hydrogen-bond donors (Lipinski definition) is 0. The molecule has 0 bridgehead atoms. The van der Waals surface area contributed by atoms with E-state index in [1.54, 1.807) is 4.90 Å². The molecule has 1 unspecified atom stereocenters. The molecular weight excluding hydrogens is 274 g/mol. The van der Waals surface area contributed by atoms with Crippen LogP contribution in [0.1, 0.15) is 46.5 Å². The summed E-state index contributed by atoms with van der Waals surface area (Å²) in [5.74, 6) is -1.02. The molecule has 1 fully saturated rings. The summed E-state index contributed by atoms with van der Waals surface area (Å²) >= 11 is 0. The number of likely N-dealkylation sites (tertiary alicyclic amines) is 1. The van der Waals surface area contributed by atoms with Crippen molar-refractivity contribution < 1.29 is 23.9 Å². The van der Waals surface area contributed by atoms with Crippen LogP contribution in [0.15, 0.2) is 0 Å². The molecule has 1 aliphatic heterocycles. The Morgan fingerprint density at radius 3 is 2.43 bits per heavy atom. The lowest BCUT2D eigenvalue weighted by molar-refractivity contribution is -0.144. The fourth-order valence-electron chi connectivity index (χ4n) is 2.26. The molecular formula is C15H25NO5. The number of carbonyl (C=O) groups excluding carboxylic acids is 3. The molecule has 1 heterocycles. The average Bonchev–Trinajstić information content (AvgIpc) is 2.62. The highest BCUT2D eigenvalue weighted by Gasteiger charge is 2.30. The van der Waals surface area contributed by atoms with E-state index in [9.17, 15) is 14.4 Å². The lowest BCUT2D eigenvalue weighted by atomic mass is 9.96. The Morgan fingerprint density at radius 2 is 1.86 bits per heavy atom. The Kier molecular flexibility index (Phi) is 6.18. The Morgan fingerprint density at radius 1 is 1.19 bits per heavy atom. The predicted octanol–water partition coefficient (Wildman–Crippen LogP) is 2.16. The minimum atomic E-state index is -0.561. The molecule has 1 saturated heterocycles. The van der Waals surface area contributed by atoms with Gasteiger partial charge < -0.3 is 14.4 Å². The van der Waals surface area contributed by atoms with E-state index >= 15 is 0 Å². The number of ether oxygens (including phenoxy) is 2. The first-order chi connectivity index (χ1) is 9.73. The Balaban J connectivity index is 2.66. The summed E-state index contributed by atoms with van der Waals surface area (Å²) in [6, 6.07) is 0. The fourth-order valence-corrected chi connectivity index (χ4v) is 2.26. The standard InChI is InChI=1S/C15H25NO5/c1-15(2,3)21-14(19)16-8-6-5-7-11(10-16)12(17)9-13(18)20-4/h11H,5-10H2,1-4H3. The lowest BCUT2D eigenvalue weighted by Gasteiger charge is -2.28. The molecule has 0 aliphatic carbocycles. The third-order valence-electron chi connectivity index (χ3n) is 3.32. The van der Waals surface area contributed by atoms with Crippen LogP contribution in [0.2, 0.25) is 0 Å². The summed E-state index contributed by atoms with van der Waals surface area (Å²) in [6.07, 6.45) is 1.75. The van der Waals surface area contributed by atoms with Gasteiger partial charge in [0.2, 0.25) is 0 Å². The van der Waals surface area contributed by atoms with Gasteiger partial charge in [0.05, 0.1) is 7.11 Å². The summed E-state index contributed by atoms with van der Waals surface area (Å²) in [5.41, 5.74) is -0.561. The van der Waals surface area contributed by atoms with Gasteiger partial charge in [0, 0.05) is 19.0 Å². The quantitative estimate of drug-likeness (QED) is 0.590. The van der Waals surface area contributed by atoms with Gasteiger partial charge in [-0.2, -0.15) is 0 Å². The van der Waals surface area contributed by atoms with Crippen LogP contribution in [0.25, 0.3) is 0 Å². The van der Waals surface area contributed by atoms with Crippen LogP contribution < -0.4 is 0 Å². The van der Waals surface area contributed by atoms with E-state index in [1.807, 2.05) is 20.8 Å². The molecule has 1 aliphatic rings. The summed E-state index contributed by atoms with van der Waals surface area (Å²) in [7, 11) is 1.26. The van der Waals surface area contributed by atoms with E-state index < -0.39 is 17.7 Å². The highest BCUT2D eigenvalue weighted by molar-refractivity contribution is 5.97. The van der Waals surface area contributed by atoms with Crippen molar-refractivity contribution in [3.05, 3.63) is 0 Å². The fraction of sp³-hybridized carbons (Fsp3) is 0.800. The molecule has 6 heteroatoms. The molecule has 0 saturated carbocycles. The largest absolute Gasteiger partial charge is 0.469 e. The van der Waals surface area contributed by atoms with Gasteiger partial charge in [-0.25, -0.2) is 4.79 Å². The van der Waals surface area contributed by atoms with E-state index in [1.165, 1.54) is 7.11 Å². The zero-order valence-electron chi connectivity index (χ0n) is 13.3. The molecule has 21 heavy (non-hydrogen) atoms. The number of methoxy groups -OCH3 is 1. The Hall–Kier alpha value is -1.59. The van der Waals surface area contributed by atoms with Crippen molar-refractivity contribution >= 4 is 17.8 Å². The van der Waals surface area contributed by atoms with Crippen LogP contribution in [0.4, 0.5) is 4.79 Å². The van der Waals surface area contributed by atoms with Gasteiger partial charge in [0.15, 0.2) is 0 Å². The Bertz CT molecular complexity index is 399. The summed E-state index contributed by atoms with van der Waals surface area (Å²) in [5, 5.41) is 0. The number of amides is 1. The molecule has 0 spiro atoms. The SMILES string of the molecule is COC(=O)CC(=O)C1CCCCN(C(=O)OC(C)(C)C)C1. The molecule has 0 aromatic carbocycles. The van der Waals surface area contributed by atoms with Crippen molar-refractivity contribution in [1.82, 2.24) is 4.90 Å². The van der Waals surface area contributed by atoms with Crippen LogP contribution in [-0.2, 0) is 19.1 Å². The average molecular weight is 299 g/mol. The topological polar surface area (TPSA) is 72.9 Å². The van der Waals surface area contributed by atoms with Gasteiger partial charge in [-0.05, 0) is 33.6 Å². The second kappa shape index (κ2) is 7.43. The summed E-state index contributed by atoms with van der Waals surface area (Å²) < 4.78 is 9.87. The number of ketones is 1. The van der Waals surface area contributed by atoms with Crippen molar-refractivity contribution in [2.24, 2.45) is 5.92 Å². The highest BCUT2D eigenvalue weighted by Crippen LogP contribution is 2.21. The van der Waals surface area contributed by atoms with E-state index in [-0.39, 0.29) is 18.1 Å². The normalized spacial score (nSPS) is 19.6. The predicted molar refractivity (Wildman–Crippen MR) is 76.8 cm³/mol. The zero-order valence-corrected chi connectivity index (χ0v) is 13.3. The van der Waals surface area contributed by atoms with Crippen molar-refractivity contribution in [2.75, 3.05) is 20.2 Å². The maximum atomic E-state index is 12.1. The summed E-state index contributed by atoms with van der Waals surface area (Å²) in [4.78, 5) is 37.0. The molecule has 0 N–H and O–H groups in total. The van der Waals surface area contributed by atoms with Gasteiger partial charge >= 0.3 is 12.1 Å². The lowest BCUT2D eigenvalue weighted by Crippen LogP contribution is -2.40. The number of esters is 1. The molecule has 0 radical (unpaired) electrons. The van der Waals surface area contributed by atoms with E-state index in [0.717, 1.165) is 12.8 Å². The monoisotopic (exact) mass is 299 g/mol. The molecule has 120 valence electrons. The first kappa shape index (κ1) is 17.5. The minimum absolute atomic E-state index is 0.169. The van der Waals surface area contributed by atoms with Crippen LogP contribution in [0.3, 0.4) is 0 Å². The van der Waals surface area contributed by atoms with E-state index in [0.29, 0.717) is 19.5 Å². The molecule has 1 rings (SSSR count). The smallest absolute Gasteiger partial charge is 0.410 e. The zero-order chi connectivity index (χ0) is 16.0. The molecule has 1 atom stereocenters. The van der Waals surface area contributed by atoms with Gasteiger partial charge in [-0.1, -0.05) is 6.42 Å². The third-order valence-corrected chi connectivity index (χ3v) is 3.32. The molecule has 0 aromatic heterocycles. The number of Topliss-reactive ketones (excluding diaryl/α,β-unsaturated/α-hetero) is 1. The first-order valence-corrected chi connectivity index (χ1v) is 7.30. The minimum Gasteiger partial charge on any atom is -0.469 e. The van der Waals surface area contributed by atoms with Gasteiger partial charge in [-0.15, -0.1) is 0 Å². The van der Waals surface area contributed by atoms with E-state index in [4.69, 9.17) is 4.74 Å². The van der Waals surface area contributed by atoms with Gasteiger partial charge in [0.1, 0.15) is 17.8 Å². The van der Waals surface area contributed by atoms with E-state index in [2.05, 4.69) is 4.74 Å². The highest BCUT2D eigenvalue weighted by atomic mass is 16.6. The van der Waals surface area contributed by atoms with Crippen molar-refractivity contribution in [2.45, 2.75) is 52.1 Å². The number of nitrogens with zero attached hydrogens (tertiary/aromatic N) is 1.